The predicted molar refractivity (Wildman–Crippen MR) is 114 cm³/mol. The molecule has 1 fully saturated rings. The number of ether oxygens (including phenoxy) is 1. The summed E-state index contributed by atoms with van der Waals surface area (Å²) in [6.07, 6.45) is 1.25. The van der Waals surface area contributed by atoms with Gasteiger partial charge >= 0.3 is 0 Å². The maximum Gasteiger partial charge on any atom is 0.246 e. The van der Waals surface area contributed by atoms with E-state index in [0.29, 0.717) is 35.8 Å². The van der Waals surface area contributed by atoms with Gasteiger partial charge in [0.1, 0.15) is 10.6 Å². The smallest absolute Gasteiger partial charge is 0.246 e. The molecular weight excluding hydrogens is 412 g/mol. The second-order valence-corrected chi connectivity index (χ2v) is 9.65. The molecule has 3 rings (SSSR count). The van der Waals surface area contributed by atoms with Gasteiger partial charge < -0.3 is 10.1 Å². The van der Waals surface area contributed by atoms with Crippen LogP contribution in [-0.2, 0) is 14.8 Å². The number of anilines is 1. The van der Waals surface area contributed by atoms with Gasteiger partial charge in [0.25, 0.3) is 0 Å². The standard InChI is InChI=1S/C21H25ClN2O4S/c1-14-6-9-19(28-3)20(11-14)29(26,27)24-10-4-5-16(13-24)21(25)23-18-8-7-17(22)12-15(18)2/h6-9,11-12,16H,4-5,10,13H2,1-3H3,(H,23,25). The molecule has 1 amide bonds. The van der Waals surface area contributed by atoms with Crippen molar-refractivity contribution < 1.29 is 17.9 Å². The molecule has 0 saturated carbocycles. The average molecular weight is 437 g/mol. The van der Waals surface area contributed by atoms with E-state index in [9.17, 15) is 13.2 Å². The van der Waals surface area contributed by atoms with E-state index >= 15 is 0 Å². The van der Waals surface area contributed by atoms with Crippen LogP contribution in [0.25, 0.3) is 0 Å². The Morgan fingerprint density at radius 3 is 2.66 bits per heavy atom. The lowest BCUT2D eigenvalue weighted by molar-refractivity contribution is -0.120. The first-order valence-corrected chi connectivity index (χ1v) is 11.3. The number of hydrogen-bond donors (Lipinski definition) is 1. The van der Waals surface area contributed by atoms with Gasteiger partial charge in [0, 0.05) is 23.8 Å². The van der Waals surface area contributed by atoms with Crippen molar-refractivity contribution in [2.75, 3.05) is 25.5 Å². The molecule has 0 radical (unpaired) electrons. The van der Waals surface area contributed by atoms with Gasteiger partial charge in [-0.2, -0.15) is 4.31 Å². The van der Waals surface area contributed by atoms with Crippen molar-refractivity contribution in [3.05, 3.63) is 52.5 Å². The number of hydrogen-bond acceptors (Lipinski definition) is 4. The number of halogens is 1. The number of benzene rings is 2. The van der Waals surface area contributed by atoms with Crippen molar-refractivity contribution in [1.82, 2.24) is 4.31 Å². The summed E-state index contributed by atoms with van der Waals surface area (Å²) in [5, 5.41) is 3.51. The van der Waals surface area contributed by atoms with E-state index in [0.717, 1.165) is 11.1 Å². The molecule has 1 heterocycles. The molecule has 29 heavy (non-hydrogen) atoms. The normalized spacial score (nSPS) is 17.7. The second-order valence-electron chi connectivity index (χ2n) is 7.31. The summed E-state index contributed by atoms with van der Waals surface area (Å²) in [4.78, 5) is 12.9. The Hall–Kier alpha value is -2.09. The SMILES string of the molecule is COc1ccc(C)cc1S(=O)(=O)N1CCCC(C(=O)Nc2ccc(Cl)cc2C)C1. The van der Waals surface area contributed by atoms with Crippen LogP contribution in [0, 0.1) is 19.8 Å². The molecule has 156 valence electrons. The molecule has 1 atom stereocenters. The van der Waals surface area contributed by atoms with Crippen LogP contribution in [-0.4, -0.2) is 38.8 Å². The summed E-state index contributed by atoms with van der Waals surface area (Å²) in [5.74, 6) is -0.310. The van der Waals surface area contributed by atoms with E-state index in [1.807, 2.05) is 13.8 Å². The number of carbonyl (C=O) groups excluding carboxylic acids is 1. The third-order valence-corrected chi connectivity index (χ3v) is 7.26. The number of piperidine rings is 1. The number of amides is 1. The lowest BCUT2D eigenvalue weighted by atomic mass is 9.98. The molecule has 0 aliphatic carbocycles. The molecule has 0 bridgehead atoms. The lowest BCUT2D eigenvalue weighted by Crippen LogP contribution is -2.43. The van der Waals surface area contributed by atoms with Crippen LogP contribution in [0.15, 0.2) is 41.3 Å². The number of sulfonamides is 1. The molecule has 2 aromatic rings. The number of nitrogens with zero attached hydrogens (tertiary/aromatic N) is 1. The van der Waals surface area contributed by atoms with Gasteiger partial charge in [-0.3, -0.25) is 4.79 Å². The minimum absolute atomic E-state index is 0.134. The maximum absolute atomic E-state index is 13.2. The monoisotopic (exact) mass is 436 g/mol. The third kappa shape index (κ3) is 4.74. The molecule has 1 aliphatic heterocycles. The average Bonchev–Trinajstić information content (AvgIpc) is 2.70. The fourth-order valence-corrected chi connectivity index (χ4v) is 5.49. The van der Waals surface area contributed by atoms with E-state index in [1.165, 1.54) is 11.4 Å². The van der Waals surface area contributed by atoms with E-state index in [-0.39, 0.29) is 17.3 Å². The zero-order valence-electron chi connectivity index (χ0n) is 16.7. The number of aryl methyl sites for hydroxylation is 2. The van der Waals surface area contributed by atoms with Gasteiger partial charge in [0.2, 0.25) is 15.9 Å². The van der Waals surface area contributed by atoms with Crippen LogP contribution in [0.2, 0.25) is 5.02 Å². The Kier molecular flexibility index (Phi) is 6.51. The van der Waals surface area contributed by atoms with Crippen LogP contribution in [0.1, 0.15) is 24.0 Å². The van der Waals surface area contributed by atoms with E-state index in [1.54, 1.807) is 36.4 Å². The molecule has 1 aliphatic rings. The van der Waals surface area contributed by atoms with Crippen LogP contribution in [0.4, 0.5) is 5.69 Å². The van der Waals surface area contributed by atoms with Crippen LogP contribution in [0.3, 0.4) is 0 Å². The Morgan fingerprint density at radius 2 is 1.97 bits per heavy atom. The van der Waals surface area contributed by atoms with Crippen molar-refractivity contribution in [2.45, 2.75) is 31.6 Å². The summed E-state index contributed by atoms with van der Waals surface area (Å²) in [5.41, 5.74) is 2.37. The first kappa shape index (κ1) is 21.6. The molecule has 8 heteroatoms. The van der Waals surface area contributed by atoms with Crippen LogP contribution in [0.5, 0.6) is 5.75 Å². The molecule has 6 nitrogen and oxygen atoms in total. The zero-order valence-corrected chi connectivity index (χ0v) is 18.3. The van der Waals surface area contributed by atoms with Gasteiger partial charge in [-0.1, -0.05) is 17.7 Å². The minimum atomic E-state index is -3.77. The van der Waals surface area contributed by atoms with Gasteiger partial charge in [0.05, 0.1) is 13.0 Å². The van der Waals surface area contributed by atoms with E-state index in [2.05, 4.69) is 5.32 Å². The maximum atomic E-state index is 13.2. The van der Waals surface area contributed by atoms with Gasteiger partial charge in [-0.15, -0.1) is 0 Å². The lowest BCUT2D eigenvalue weighted by Gasteiger charge is -2.31. The summed E-state index contributed by atoms with van der Waals surface area (Å²) >= 11 is 5.97. The van der Waals surface area contributed by atoms with E-state index < -0.39 is 15.9 Å². The largest absolute Gasteiger partial charge is 0.495 e. The Morgan fingerprint density at radius 1 is 1.21 bits per heavy atom. The fraction of sp³-hybridized carbons (Fsp3) is 0.381. The highest BCUT2D eigenvalue weighted by Crippen LogP contribution is 2.31. The second kappa shape index (κ2) is 8.73. The first-order valence-electron chi connectivity index (χ1n) is 9.44. The van der Waals surface area contributed by atoms with Crippen molar-refractivity contribution in [2.24, 2.45) is 5.92 Å². The third-order valence-electron chi connectivity index (χ3n) is 5.14. The molecule has 2 aromatic carbocycles. The first-order chi connectivity index (χ1) is 13.7. The molecule has 0 aromatic heterocycles. The van der Waals surface area contributed by atoms with Crippen molar-refractivity contribution >= 4 is 33.2 Å². The highest BCUT2D eigenvalue weighted by Gasteiger charge is 2.35. The molecule has 1 N–H and O–H groups in total. The van der Waals surface area contributed by atoms with Crippen LogP contribution >= 0.6 is 11.6 Å². The van der Waals surface area contributed by atoms with Gasteiger partial charge in [-0.05, 0) is 68.1 Å². The van der Waals surface area contributed by atoms with Crippen LogP contribution < -0.4 is 10.1 Å². The van der Waals surface area contributed by atoms with Gasteiger partial charge in [0.15, 0.2) is 0 Å². The quantitative estimate of drug-likeness (QED) is 0.768. The number of methoxy groups -OCH3 is 1. The zero-order chi connectivity index (χ0) is 21.2. The van der Waals surface area contributed by atoms with E-state index in [4.69, 9.17) is 16.3 Å². The Balaban J connectivity index is 1.79. The van der Waals surface area contributed by atoms with Gasteiger partial charge in [-0.25, -0.2) is 8.42 Å². The van der Waals surface area contributed by atoms with Crippen molar-refractivity contribution in [3.8, 4) is 5.75 Å². The Labute approximate surface area is 176 Å². The molecule has 1 unspecified atom stereocenters. The topological polar surface area (TPSA) is 75.7 Å². The summed E-state index contributed by atoms with van der Waals surface area (Å²) < 4.78 is 33.1. The number of rotatable bonds is 5. The Bertz CT molecular complexity index is 1020. The highest BCUT2D eigenvalue weighted by molar-refractivity contribution is 7.89. The number of carbonyl (C=O) groups is 1. The fourth-order valence-electron chi connectivity index (χ4n) is 3.50. The minimum Gasteiger partial charge on any atom is -0.495 e. The summed E-state index contributed by atoms with van der Waals surface area (Å²) in [6, 6.07) is 10.3. The molecule has 0 spiro atoms. The molecular formula is C21H25ClN2O4S. The predicted octanol–water partition coefficient (Wildman–Crippen LogP) is 4.00. The summed E-state index contributed by atoms with van der Waals surface area (Å²) in [7, 11) is -2.32. The summed E-state index contributed by atoms with van der Waals surface area (Å²) in [6.45, 7) is 4.21. The molecule has 1 saturated heterocycles. The highest BCUT2D eigenvalue weighted by atomic mass is 35.5. The number of nitrogens with one attached hydrogen (secondary N) is 1. The van der Waals surface area contributed by atoms with Crippen molar-refractivity contribution in [1.29, 1.82) is 0 Å². The van der Waals surface area contributed by atoms with Crippen molar-refractivity contribution in [3.63, 3.8) is 0 Å².